The molecule has 0 spiro atoms. The summed E-state index contributed by atoms with van der Waals surface area (Å²) in [5.74, 6) is -1.20. The summed E-state index contributed by atoms with van der Waals surface area (Å²) in [5.41, 5.74) is 1.32. The molecule has 1 aromatic heterocycles. The van der Waals surface area contributed by atoms with Gasteiger partial charge in [-0.05, 0) is 30.7 Å². The molecule has 1 aromatic carbocycles. The van der Waals surface area contributed by atoms with Gasteiger partial charge in [0.25, 0.3) is 0 Å². The molecule has 0 saturated carbocycles. The molecule has 7 heteroatoms. The van der Waals surface area contributed by atoms with E-state index in [4.69, 9.17) is 9.47 Å². The number of hydrogen-bond donors (Lipinski definition) is 0. The smallest absolute Gasteiger partial charge is 0.569 e. The van der Waals surface area contributed by atoms with Crippen molar-refractivity contribution in [3.8, 4) is 0 Å². The number of rotatable bonds is 5. The zero-order valence-corrected chi connectivity index (χ0v) is 16.0. The van der Waals surface area contributed by atoms with Crippen LogP contribution in [0.15, 0.2) is 30.3 Å². The van der Waals surface area contributed by atoms with Gasteiger partial charge in [-0.2, -0.15) is 0 Å². The van der Waals surface area contributed by atoms with E-state index >= 15 is 0 Å². The number of ether oxygens (including phenoxy) is 2. The first-order chi connectivity index (χ1) is 10.1. The van der Waals surface area contributed by atoms with Gasteiger partial charge in [0, 0.05) is 0 Å². The van der Waals surface area contributed by atoms with E-state index in [2.05, 4.69) is 10.2 Å². The SMILES string of the molecule is CCOC(=O)c1[n-]nc(C(=O)OCc2ccccc2)c1C.[K+]. The van der Waals surface area contributed by atoms with Gasteiger partial charge >= 0.3 is 63.3 Å². The minimum Gasteiger partial charge on any atom is -0.569 e. The Labute approximate surface area is 171 Å². The molecule has 0 N–H and O–H groups in total. The number of hydrogen-bond acceptors (Lipinski definition) is 5. The van der Waals surface area contributed by atoms with Crippen LogP contribution in [0.25, 0.3) is 0 Å². The number of carbonyl (C=O) groups is 2. The van der Waals surface area contributed by atoms with Gasteiger partial charge in [-0.1, -0.05) is 30.3 Å². The zero-order valence-electron chi connectivity index (χ0n) is 12.8. The van der Waals surface area contributed by atoms with Gasteiger partial charge in [-0.3, -0.25) is 0 Å². The fourth-order valence-electron chi connectivity index (χ4n) is 1.74. The monoisotopic (exact) mass is 326 g/mol. The number of aromatic nitrogens is 2. The summed E-state index contributed by atoms with van der Waals surface area (Å²) in [6, 6.07) is 9.29. The van der Waals surface area contributed by atoms with E-state index in [0.717, 1.165) is 5.56 Å². The van der Waals surface area contributed by atoms with Crippen LogP contribution in [0.2, 0.25) is 0 Å². The van der Waals surface area contributed by atoms with Gasteiger partial charge in [0.15, 0.2) is 0 Å². The Morgan fingerprint density at radius 1 is 1.14 bits per heavy atom. The summed E-state index contributed by atoms with van der Waals surface area (Å²) in [4.78, 5) is 23.6. The largest absolute Gasteiger partial charge is 1.00 e. The molecular formula is C15H15KN2O4. The molecule has 0 aliphatic carbocycles. The number of nitrogens with zero attached hydrogens (tertiary/aromatic N) is 2. The van der Waals surface area contributed by atoms with Crippen LogP contribution in [0.4, 0.5) is 0 Å². The Bertz CT molecular complexity index is 640. The van der Waals surface area contributed by atoms with E-state index < -0.39 is 11.9 Å². The van der Waals surface area contributed by atoms with Gasteiger partial charge in [-0.25, -0.2) is 9.59 Å². The molecule has 0 aliphatic rings. The van der Waals surface area contributed by atoms with E-state index in [1.165, 1.54) is 0 Å². The van der Waals surface area contributed by atoms with Gasteiger partial charge < -0.3 is 19.7 Å². The molecule has 2 rings (SSSR count). The molecule has 0 saturated heterocycles. The first-order valence-corrected chi connectivity index (χ1v) is 6.51. The summed E-state index contributed by atoms with van der Waals surface area (Å²) in [6.07, 6.45) is 0. The van der Waals surface area contributed by atoms with Crippen molar-refractivity contribution in [2.75, 3.05) is 6.61 Å². The quantitative estimate of drug-likeness (QED) is 0.512. The minimum absolute atomic E-state index is 0. The Morgan fingerprint density at radius 3 is 2.45 bits per heavy atom. The van der Waals surface area contributed by atoms with Crippen LogP contribution in [-0.4, -0.2) is 23.6 Å². The average Bonchev–Trinajstić information content (AvgIpc) is 2.88. The Morgan fingerprint density at radius 2 is 1.82 bits per heavy atom. The Kier molecular flexibility index (Phi) is 7.98. The number of carbonyl (C=O) groups excluding carboxylic acids is 2. The normalized spacial score (nSPS) is 9.73. The molecular weight excluding hydrogens is 311 g/mol. The predicted octanol–water partition coefficient (Wildman–Crippen LogP) is -1.12. The third kappa shape index (κ3) is 4.75. The molecule has 0 radical (unpaired) electrons. The summed E-state index contributed by atoms with van der Waals surface area (Å²) in [6.45, 7) is 3.66. The second-order valence-electron chi connectivity index (χ2n) is 4.30. The topological polar surface area (TPSA) is 79.6 Å². The third-order valence-corrected chi connectivity index (χ3v) is 2.84. The maximum Gasteiger partial charge on any atom is 1.00 e. The first kappa shape index (κ1) is 19.1. The van der Waals surface area contributed by atoms with Crippen LogP contribution in [0.1, 0.15) is 39.0 Å². The van der Waals surface area contributed by atoms with Crippen LogP contribution in [-0.2, 0) is 16.1 Å². The molecule has 2 aromatic rings. The Hall–Kier alpha value is -0.994. The molecule has 1 heterocycles. The van der Waals surface area contributed by atoms with Gasteiger partial charge in [0.05, 0.1) is 6.61 Å². The number of benzene rings is 1. The predicted molar refractivity (Wildman–Crippen MR) is 73.8 cm³/mol. The molecule has 0 unspecified atom stereocenters. The average molecular weight is 326 g/mol. The molecule has 0 aliphatic heterocycles. The third-order valence-electron chi connectivity index (χ3n) is 2.84. The van der Waals surface area contributed by atoms with E-state index in [0.29, 0.717) is 5.56 Å². The van der Waals surface area contributed by atoms with Crippen molar-refractivity contribution in [2.24, 2.45) is 0 Å². The van der Waals surface area contributed by atoms with Crippen molar-refractivity contribution in [1.29, 1.82) is 0 Å². The van der Waals surface area contributed by atoms with Crippen LogP contribution >= 0.6 is 0 Å². The van der Waals surface area contributed by atoms with Crippen molar-refractivity contribution < 1.29 is 70.4 Å². The molecule has 0 atom stereocenters. The summed E-state index contributed by atoms with van der Waals surface area (Å²) >= 11 is 0. The van der Waals surface area contributed by atoms with Crippen LogP contribution in [0.3, 0.4) is 0 Å². The van der Waals surface area contributed by atoms with E-state index in [1.54, 1.807) is 13.8 Å². The van der Waals surface area contributed by atoms with Crippen molar-refractivity contribution >= 4 is 11.9 Å². The Balaban J connectivity index is 0.00000242. The first-order valence-electron chi connectivity index (χ1n) is 6.51. The maximum absolute atomic E-state index is 12.0. The minimum atomic E-state index is -0.612. The van der Waals surface area contributed by atoms with Gasteiger partial charge in [0.2, 0.25) is 0 Å². The van der Waals surface area contributed by atoms with E-state index in [1.807, 2.05) is 30.3 Å². The molecule has 110 valence electrons. The molecule has 0 fully saturated rings. The molecule has 0 bridgehead atoms. The van der Waals surface area contributed by atoms with Crippen molar-refractivity contribution in [1.82, 2.24) is 10.2 Å². The van der Waals surface area contributed by atoms with Crippen molar-refractivity contribution in [2.45, 2.75) is 20.5 Å². The fourth-order valence-corrected chi connectivity index (χ4v) is 1.74. The maximum atomic E-state index is 12.0. The second kappa shape index (κ2) is 9.21. The van der Waals surface area contributed by atoms with Crippen LogP contribution < -0.4 is 56.5 Å². The van der Waals surface area contributed by atoms with Gasteiger partial charge in [-0.15, -0.1) is 0 Å². The zero-order chi connectivity index (χ0) is 15.2. The van der Waals surface area contributed by atoms with Crippen molar-refractivity contribution in [3.63, 3.8) is 0 Å². The molecule has 6 nitrogen and oxygen atoms in total. The summed E-state index contributed by atoms with van der Waals surface area (Å²) in [5, 5.41) is 7.39. The van der Waals surface area contributed by atoms with E-state index in [-0.39, 0.29) is 76.0 Å². The fraction of sp³-hybridized carbons (Fsp3) is 0.267. The standard InChI is InChI=1S/C15H16N2O4.K/c1-3-20-14(18)12-10(2)13(17-16-12)15(19)21-9-11-7-5-4-6-8-11;/h4-8H,3,9H2,1-2H3,(H,16,17,18,19);/q;+1/p-1. The molecule has 0 amide bonds. The van der Waals surface area contributed by atoms with Crippen molar-refractivity contribution in [3.05, 3.63) is 52.8 Å². The van der Waals surface area contributed by atoms with Crippen LogP contribution in [0, 0.1) is 6.92 Å². The molecule has 22 heavy (non-hydrogen) atoms. The summed E-state index contributed by atoms with van der Waals surface area (Å²) in [7, 11) is 0. The van der Waals surface area contributed by atoms with E-state index in [9.17, 15) is 9.59 Å². The summed E-state index contributed by atoms with van der Waals surface area (Å²) < 4.78 is 9.99. The number of esters is 2. The second-order valence-corrected chi connectivity index (χ2v) is 4.30. The van der Waals surface area contributed by atoms with Gasteiger partial charge in [0.1, 0.15) is 12.3 Å². The van der Waals surface area contributed by atoms with Crippen LogP contribution in [0.5, 0.6) is 0 Å².